The molecule has 0 spiro atoms. The number of piperazine rings is 1. The van der Waals surface area contributed by atoms with Crippen LogP contribution in [0.4, 0.5) is 0 Å². The molecule has 1 heterocycles. The zero-order valence-electron chi connectivity index (χ0n) is 17.1. The van der Waals surface area contributed by atoms with E-state index in [1.54, 1.807) is 7.11 Å². The highest BCUT2D eigenvalue weighted by atomic mass is 16.5. The summed E-state index contributed by atoms with van der Waals surface area (Å²) in [6.45, 7) is 9.19. The van der Waals surface area contributed by atoms with E-state index in [-0.39, 0.29) is 11.9 Å². The summed E-state index contributed by atoms with van der Waals surface area (Å²) in [7, 11) is 1.69. The number of ether oxygens (including phenoxy) is 1. The molecule has 150 valence electrons. The number of nitrogens with zero attached hydrogens (tertiary/aromatic N) is 2. The third kappa shape index (κ3) is 5.45. The van der Waals surface area contributed by atoms with Gasteiger partial charge in [0.1, 0.15) is 5.75 Å². The number of carbonyl (C=O) groups is 1. The molecule has 27 heavy (non-hydrogen) atoms. The van der Waals surface area contributed by atoms with E-state index in [0.29, 0.717) is 12.0 Å². The molecule has 1 N–H and O–H groups in total. The summed E-state index contributed by atoms with van der Waals surface area (Å²) in [6, 6.07) is 8.63. The summed E-state index contributed by atoms with van der Waals surface area (Å²) < 4.78 is 5.22. The predicted octanol–water partition coefficient (Wildman–Crippen LogP) is 2.90. The molecule has 0 unspecified atom stereocenters. The normalized spacial score (nSPS) is 25.7. The molecule has 0 bridgehead atoms. The lowest BCUT2D eigenvalue weighted by atomic mass is 9.86. The first kappa shape index (κ1) is 20.2. The van der Waals surface area contributed by atoms with Gasteiger partial charge in [0, 0.05) is 38.8 Å². The van der Waals surface area contributed by atoms with Crippen LogP contribution in [-0.2, 0) is 11.3 Å². The van der Waals surface area contributed by atoms with Crippen molar-refractivity contribution in [2.45, 2.75) is 58.2 Å². The molecule has 1 aliphatic carbocycles. The summed E-state index contributed by atoms with van der Waals surface area (Å²) in [6.07, 6.45) is 4.92. The van der Waals surface area contributed by atoms with Crippen LogP contribution in [0.15, 0.2) is 24.3 Å². The molecule has 1 saturated carbocycles. The van der Waals surface area contributed by atoms with Gasteiger partial charge < -0.3 is 10.1 Å². The largest absolute Gasteiger partial charge is 0.497 e. The fourth-order valence-corrected chi connectivity index (χ4v) is 4.30. The number of hydrogen-bond donors (Lipinski definition) is 1. The topological polar surface area (TPSA) is 44.8 Å². The van der Waals surface area contributed by atoms with Crippen LogP contribution in [0.1, 0.15) is 45.1 Å². The molecule has 1 aliphatic heterocycles. The molecule has 1 saturated heterocycles. The van der Waals surface area contributed by atoms with E-state index in [2.05, 4.69) is 41.1 Å². The van der Waals surface area contributed by atoms with Crippen LogP contribution in [0.3, 0.4) is 0 Å². The zero-order chi connectivity index (χ0) is 19.2. The molecule has 1 aromatic carbocycles. The molecule has 1 aromatic rings. The van der Waals surface area contributed by atoms with Gasteiger partial charge in [0.05, 0.1) is 13.2 Å². The quantitative estimate of drug-likeness (QED) is 0.833. The lowest BCUT2D eigenvalue weighted by molar-refractivity contribution is -0.127. The summed E-state index contributed by atoms with van der Waals surface area (Å²) in [5.74, 6) is 1.71. The van der Waals surface area contributed by atoms with E-state index in [1.165, 1.54) is 24.8 Å². The van der Waals surface area contributed by atoms with Crippen LogP contribution < -0.4 is 10.1 Å². The maximum Gasteiger partial charge on any atom is 0.237 e. The molecule has 1 amide bonds. The van der Waals surface area contributed by atoms with Crippen molar-refractivity contribution in [3.63, 3.8) is 0 Å². The molecule has 2 aliphatic rings. The van der Waals surface area contributed by atoms with Gasteiger partial charge in [-0.1, -0.05) is 31.9 Å². The maximum atomic E-state index is 12.7. The second-order valence-electron chi connectivity index (χ2n) is 8.21. The van der Waals surface area contributed by atoms with Crippen LogP contribution in [0.5, 0.6) is 5.75 Å². The number of methoxy groups -OCH3 is 1. The van der Waals surface area contributed by atoms with Crippen molar-refractivity contribution >= 4 is 5.91 Å². The molecule has 0 radical (unpaired) electrons. The Morgan fingerprint density at radius 3 is 2.44 bits per heavy atom. The fraction of sp³-hybridized carbons (Fsp3) is 0.682. The first-order valence-corrected chi connectivity index (χ1v) is 10.5. The molecular formula is C22H35N3O2. The highest BCUT2D eigenvalue weighted by molar-refractivity contribution is 5.81. The standard InChI is InChI=1S/C22H35N3O2/c1-17-6-4-5-7-21(17)23-22(26)18(2)25-14-12-24(13-15-25)16-19-8-10-20(27-3)11-9-19/h8-11,17-18,21H,4-7,12-16H2,1-3H3,(H,23,26)/t17-,18-,21-/m1/s1. The maximum absolute atomic E-state index is 12.7. The van der Waals surface area contributed by atoms with Crippen molar-refractivity contribution in [2.24, 2.45) is 5.92 Å². The van der Waals surface area contributed by atoms with E-state index < -0.39 is 0 Å². The van der Waals surface area contributed by atoms with Gasteiger partial charge >= 0.3 is 0 Å². The Labute approximate surface area is 164 Å². The smallest absolute Gasteiger partial charge is 0.237 e. The lowest BCUT2D eigenvalue weighted by Gasteiger charge is -2.38. The summed E-state index contributed by atoms with van der Waals surface area (Å²) in [5.41, 5.74) is 1.31. The highest BCUT2D eigenvalue weighted by Gasteiger charge is 2.29. The molecule has 5 nitrogen and oxygen atoms in total. The van der Waals surface area contributed by atoms with Gasteiger partial charge in [-0.05, 0) is 43.4 Å². The Kier molecular flexibility index (Phi) is 7.13. The minimum Gasteiger partial charge on any atom is -0.497 e. The molecular weight excluding hydrogens is 338 g/mol. The Hall–Kier alpha value is -1.59. The van der Waals surface area contributed by atoms with E-state index in [0.717, 1.165) is 44.9 Å². The number of amides is 1. The molecule has 3 atom stereocenters. The summed E-state index contributed by atoms with van der Waals surface area (Å²) in [4.78, 5) is 17.5. The summed E-state index contributed by atoms with van der Waals surface area (Å²) >= 11 is 0. The second-order valence-corrected chi connectivity index (χ2v) is 8.21. The molecule has 2 fully saturated rings. The minimum atomic E-state index is -0.0396. The minimum absolute atomic E-state index is 0.0396. The van der Waals surface area contributed by atoms with Gasteiger partial charge in [-0.25, -0.2) is 0 Å². The van der Waals surface area contributed by atoms with E-state index >= 15 is 0 Å². The first-order valence-electron chi connectivity index (χ1n) is 10.5. The highest BCUT2D eigenvalue weighted by Crippen LogP contribution is 2.24. The van der Waals surface area contributed by atoms with Crippen molar-refractivity contribution in [1.29, 1.82) is 0 Å². The van der Waals surface area contributed by atoms with Crippen molar-refractivity contribution in [1.82, 2.24) is 15.1 Å². The van der Waals surface area contributed by atoms with E-state index in [9.17, 15) is 4.79 Å². The van der Waals surface area contributed by atoms with Gasteiger partial charge in [-0.2, -0.15) is 0 Å². The van der Waals surface area contributed by atoms with Crippen molar-refractivity contribution in [2.75, 3.05) is 33.3 Å². The van der Waals surface area contributed by atoms with Crippen LogP contribution in [0.25, 0.3) is 0 Å². The van der Waals surface area contributed by atoms with Crippen molar-refractivity contribution < 1.29 is 9.53 Å². The lowest BCUT2D eigenvalue weighted by Crippen LogP contribution is -2.55. The zero-order valence-corrected chi connectivity index (χ0v) is 17.1. The number of hydrogen-bond acceptors (Lipinski definition) is 4. The van der Waals surface area contributed by atoms with Crippen LogP contribution in [0.2, 0.25) is 0 Å². The Morgan fingerprint density at radius 1 is 1.15 bits per heavy atom. The molecule has 5 heteroatoms. The van der Waals surface area contributed by atoms with Gasteiger partial charge in [0.2, 0.25) is 5.91 Å². The monoisotopic (exact) mass is 373 g/mol. The molecule has 3 rings (SSSR count). The van der Waals surface area contributed by atoms with Gasteiger partial charge in [0.15, 0.2) is 0 Å². The van der Waals surface area contributed by atoms with Gasteiger partial charge in [-0.3, -0.25) is 14.6 Å². The van der Waals surface area contributed by atoms with Gasteiger partial charge in [0.25, 0.3) is 0 Å². The Morgan fingerprint density at radius 2 is 1.81 bits per heavy atom. The van der Waals surface area contributed by atoms with E-state index in [4.69, 9.17) is 4.74 Å². The fourth-order valence-electron chi connectivity index (χ4n) is 4.30. The van der Waals surface area contributed by atoms with Crippen LogP contribution >= 0.6 is 0 Å². The number of nitrogens with one attached hydrogen (secondary N) is 1. The number of carbonyl (C=O) groups excluding carboxylic acids is 1. The van der Waals surface area contributed by atoms with Crippen molar-refractivity contribution in [3.8, 4) is 5.75 Å². The third-order valence-corrected chi connectivity index (χ3v) is 6.34. The second kappa shape index (κ2) is 9.56. The SMILES string of the molecule is COc1ccc(CN2CCN([C@H](C)C(=O)N[C@@H]3CCCC[C@H]3C)CC2)cc1. The average Bonchev–Trinajstić information content (AvgIpc) is 2.70. The first-order chi connectivity index (χ1) is 13.1. The van der Waals surface area contributed by atoms with Crippen molar-refractivity contribution in [3.05, 3.63) is 29.8 Å². The van der Waals surface area contributed by atoms with Crippen LogP contribution in [-0.4, -0.2) is 61.1 Å². The average molecular weight is 374 g/mol. The summed E-state index contributed by atoms with van der Waals surface area (Å²) in [5, 5.41) is 3.32. The number of benzene rings is 1. The Bertz CT molecular complexity index is 596. The van der Waals surface area contributed by atoms with Gasteiger partial charge in [-0.15, -0.1) is 0 Å². The van der Waals surface area contributed by atoms with E-state index in [1.807, 2.05) is 12.1 Å². The number of rotatable bonds is 6. The van der Waals surface area contributed by atoms with Crippen LogP contribution in [0, 0.1) is 5.92 Å². The predicted molar refractivity (Wildman–Crippen MR) is 109 cm³/mol. The Balaban J connectivity index is 1.44. The third-order valence-electron chi connectivity index (χ3n) is 6.34. The molecule has 0 aromatic heterocycles.